The highest BCUT2D eigenvalue weighted by Crippen LogP contribution is 2.29. The molecule has 0 bridgehead atoms. The Labute approximate surface area is 241 Å². The molecule has 3 aromatic carbocycles. The molecule has 0 saturated carbocycles. The van der Waals surface area contributed by atoms with Crippen LogP contribution < -0.4 is 16.3 Å². The van der Waals surface area contributed by atoms with Crippen LogP contribution in [0.5, 0.6) is 0 Å². The highest BCUT2D eigenvalue weighted by atomic mass is 35.5. The number of carbonyl (C=O) groups excluding carboxylic acids is 1. The molecule has 1 unspecified atom stereocenters. The topological polar surface area (TPSA) is 90.2 Å². The molecule has 2 N–H and O–H groups in total. The molecule has 0 radical (unpaired) electrons. The molecule has 8 nitrogen and oxygen atoms in total. The number of carbonyl (C=O) groups is 1. The SMILES string of the molecule is CCCC(C)Nc1cc(-n2nc(COCc3ccccc3)n(CC)c2=O)c(F)cc1C(=O)Nc1c(F)cccc1Cl. The minimum Gasteiger partial charge on any atom is -0.382 e. The molecule has 0 aliphatic heterocycles. The number of nitrogens with zero attached hydrogens (tertiary/aromatic N) is 3. The second-order valence-corrected chi connectivity index (χ2v) is 9.97. The first-order valence-corrected chi connectivity index (χ1v) is 13.8. The van der Waals surface area contributed by atoms with Gasteiger partial charge in [-0.3, -0.25) is 9.36 Å². The van der Waals surface area contributed by atoms with Crippen molar-refractivity contribution in [3.8, 4) is 5.69 Å². The number of nitrogens with one attached hydrogen (secondary N) is 2. The summed E-state index contributed by atoms with van der Waals surface area (Å²) in [7, 11) is 0. The van der Waals surface area contributed by atoms with Gasteiger partial charge in [-0.05, 0) is 50.1 Å². The fraction of sp³-hybridized carbons (Fsp3) is 0.300. The van der Waals surface area contributed by atoms with Gasteiger partial charge < -0.3 is 15.4 Å². The van der Waals surface area contributed by atoms with Crippen LogP contribution in [0.3, 0.4) is 0 Å². The molecule has 1 heterocycles. The van der Waals surface area contributed by atoms with E-state index in [4.69, 9.17) is 16.3 Å². The van der Waals surface area contributed by atoms with Crippen LogP contribution in [0.15, 0.2) is 65.5 Å². The Balaban J connectivity index is 1.70. The van der Waals surface area contributed by atoms with E-state index in [1.165, 1.54) is 22.8 Å². The smallest absolute Gasteiger partial charge is 0.350 e. The number of hydrogen-bond donors (Lipinski definition) is 2. The molecule has 1 aromatic heterocycles. The molecule has 216 valence electrons. The van der Waals surface area contributed by atoms with Crippen LogP contribution in [0.4, 0.5) is 20.2 Å². The molecular formula is C30H32ClF2N5O3. The number of rotatable bonds is 12. The number of hydrogen-bond acceptors (Lipinski definition) is 5. The maximum Gasteiger partial charge on any atom is 0.350 e. The predicted molar refractivity (Wildman–Crippen MR) is 156 cm³/mol. The Morgan fingerprint density at radius 1 is 1.05 bits per heavy atom. The fourth-order valence-corrected chi connectivity index (χ4v) is 4.66. The number of para-hydroxylation sites is 1. The normalized spacial score (nSPS) is 11.9. The van der Waals surface area contributed by atoms with Gasteiger partial charge in [0.1, 0.15) is 23.9 Å². The van der Waals surface area contributed by atoms with Gasteiger partial charge in [-0.15, -0.1) is 5.10 Å². The van der Waals surface area contributed by atoms with E-state index in [-0.39, 0.29) is 40.3 Å². The Hall–Kier alpha value is -4.02. The Kier molecular flexibility index (Phi) is 9.91. The van der Waals surface area contributed by atoms with Gasteiger partial charge in [-0.1, -0.05) is 61.3 Å². The summed E-state index contributed by atoms with van der Waals surface area (Å²) < 4.78 is 38.1. The number of amides is 1. The van der Waals surface area contributed by atoms with Crippen LogP contribution in [0, 0.1) is 11.6 Å². The van der Waals surface area contributed by atoms with Crippen LogP contribution in [0.2, 0.25) is 5.02 Å². The van der Waals surface area contributed by atoms with E-state index in [0.29, 0.717) is 19.0 Å². The summed E-state index contributed by atoms with van der Waals surface area (Å²) in [5.41, 5.74) is 0.237. The Morgan fingerprint density at radius 2 is 1.80 bits per heavy atom. The molecule has 0 aliphatic rings. The van der Waals surface area contributed by atoms with E-state index in [1.807, 2.05) is 44.2 Å². The summed E-state index contributed by atoms with van der Waals surface area (Å²) in [6.07, 6.45) is 1.63. The summed E-state index contributed by atoms with van der Waals surface area (Å²) in [5, 5.41) is 10.0. The van der Waals surface area contributed by atoms with Gasteiger partial charge in [0.05, 0.1) is 22.9 Å². The van der Waals surface area contributed by atoms with Gasteiger partial charge in [-0.25, -0.2) is 13.6 Å². The average molecular weight is 584 g/mol. The van der Waals surface area contributed by atoms with Crippen molar-refractivity contribution in [1.82, 2.24) is 14.3 Å². The van der Waals surface area contributed by atoms with Gasteiger partial charge in [0.15, 0.2) is 5.82 Å². The third-order valence-electron chi connectivity index (χ3n) is 6.48. The molecule has 4 aromatic rings. The van der Waals surface area contributed by atoms with Crippen molar-refractivity contribution in [3.05, 3.63) is 105 Å². The van der Waals surface area contributed by atoms with Crippen molar-refractivity contribution < 1.29 is 18.3 Å². The lowest BCUT2D eigenvalue weighted by Gasteiger charge is -2.19. The molecule has 41 heavy (non-hydrogen) atoms. The number of ether oxygens (including phenoxy) is 1. The minimum atomic E-state index is -0.858. The Bertz CT molecular complexity index is 1550. The fourth-order valence-electron chi connectivity index (χ4n) is 4.45. The second kappa shape index (κ2) is 13.6. The van der Waals surface area contributed by atoms with Crippen LogP contribution in [-0.4, -0.2) is 26.3 Å². The molecule has 4 rings (SSSR count). The molecule has 1 amide bonds. The summed E-state index contributed by atoms with van der Waals surface area (Å²) >= 11 is 6.08. The summed E-state index contributed by atoms with van der Waals surface area (Å²) in [6.45, 7) is 6.37. The quantitative estimate of drug-likeness (QED) is 0.197. The van der Waals surface area contributed by atoms with Gasteiger partial charge in [0.25, 0.3) is 5.91 Å². The maximum atomic E-state index is 15.6. The molecule has 1 atom stereocenters. The molecule has 0 spiro atoms. The summed E-state index contributed by atoms with van der Waals surface area (Å²) in [5.74, 6) is -2.02. The molecule has 0 fully saturated rings. The molecule has 11 heteroatoms. The van der Waals surface area contributed by atoms with E-state index in [2.05, 4.69) is 15.7 Å². The number of aromatic nitrogens is 3. The third-order valence-corrected chi connectivity index (χ3v) is 6.80. The highest BCUT2D eigenvalue weighted by molar-refractivity contribution is 6.34. The Morgan fingerprint density at radius 3 is 2.49 bits per heavy atom. The third kappa shape index (κ3) is 7.01. The first kappa shape index (κ1) is 30.0. The zero-order valence-electron chi connectivity index (χ0n) is 23.1. The van der Waals surface area contributed by atoms with Gasteiger partial charge in [0.2, 0.25) is 0 Å². The van der Waals surface area contributed by atoms with Crippen molar-refractivity contribution in [3.63, 3.8) is 0 Å². The van der Waals surface area contributed by atoms with E-state index >= 15 is 4.39 Å². The van der Waals surface area contributed by atoms with Crippen LogP contribution in [0.1, 0.15) is 55.4 Å². The summed E-state index contributed by atoms with van der Waals surface area (Å²) in [6, 6.07) is 15.8. The first-order chi connectivity index (χ1) is 19.7. The van der Waals surface area contributed by atoms with Gasteiger partial charge in [0, 0.05) is 18.3 Å². The van der Waals surface area contributed by atoms with E-state index in [9.17, 15) is 14.0 Å². The lowest BCUT2D eigenvalue weighted by Crippen LogP contribution is -2.26. The zero-order chi connectivity index (χ0) is 29.5. The number of anilines is 2. The monoisotopic (exact) mass is 583 g/mol. The van der Waals surface area contributed by atoms with Crippen molar-refractivity contribution >= 4 is 28.9 Å². The zero-order valence-corrected chi connectivity index (χ0v) is 23.8. The van der Waals surface area contributed by atoms with Crippen LogP contribution >= 0.6 is 11.6 Å². The molecular weight excluding hydrogens is 552 g/mol. The molecule has 0 saturated heterocycles. The predicted octanol–water partition coefficient (Wildman–Crippen LogP) is 6.56. The highest BCUT2D eigenvalue weighted by Gasteiger charge is 2.23. The standard InChI is InChI=1S/C30H32ClF2N5O3/c1-4-10-19(3)34-25-16-26(24(33)15-21(25)29(39)35-28-22(31)13-9-14-23(28)32)38-30(40)37(5-2)27(36-38)18-41-17-20-11-7-6-8-12-20/h6-9,11-16,19,34H,4-5,10,17-18H2,1-3H3,(H,35,39). The lowest BCUT2D eigenvalue weighted by molar-refractivity contribution is 0.0989. The van der Waals surface area contributed by atoms with Gasteiger partial charge >= 0.3 is 5.69 Å². The molecule has 0 aliphatic carbocycles. The van der Waals surface area contributed by atoms with Crippen LogP contribution in [-0.2, 0) is 24.5 Å². The van der Waals surface area contributed by atoms with Crippen molar-refractivity contribution in [1.29, 1.82) is 0 Å². The first-order valence-electron chi connectivity index (χ1n) is 13.4. The van der Waals surface area contributed by atoms with Crippen molar-refractivity contribution in [2.45, 2.75) is 59.4 Å². The van der Waals surface area contributed by atoms with E-state index in [1.54, 1.807) is 6.92 Å². The number of halogens is 3. The average Bonchev–Trinajstić information content (AvgIpc) is 3.26. The van der Waals surface area contributed by atoms with Crippen LogP contribution in [0.25, 0.3) is 5.69 Å². The maximum absolute atomic E-state index is 15.6. The second-order valence-electron chi connectivity index (χ2n) is 9.57. The van der Waals surface area contributed by atoms with E-state index < -0.39 is 23.2 Å². The summed E-state index contributed by atoms with van der Waals surface area (Å²) in [4.78, 5) is 26.5. The minimum absolute atomic E-state index is 0.00275. The lowest BCUT2D eigenvalue weighted by atomic mass is 10.1. The van der Waals surface area contributed by atoms with Gasteiger partial charge in [-0.2, -0.15) is 4.68 Å². The van der Waals surface area contributed by atoms with Crippen molar-refractivity contribution in [2.75, 3.05) is 10.6 Å². The largest absolute Gasteiger partial charge is 0.382 e. The van der Waals surface area contributed by atoms with E-state index in [0.717, 1.165) is 35.2 Å². The van der Waals surface area contributed by atoms with Crippen molar-refractivity contribution in [2.24, 2.45) is 0 Å². The number of benzene rings is 3.